The van der Waals surface area contributed by atoms with Crippen LogP contribution in [0.1, 0.15) is 61.8 Å². The number of pyridine rings is 1. The summed E-state index contributed by atoms with van der Waals surface area (Å²) in [4.78, 5) is 26.4. The number of hydrogen-bond donors (Lipinski definition) is 0. The Labute approximate surface area is 195 Å². The fourth-order valence-corrected chi connectivity index (χ4v) is 4.24. The molecule has 0 aromatic carbocycles. The van der Waals surface area contributed by atoms with Crippen LogP contribution in [0, 0.1) is 13.8 Å². The largest absolute Gasteiger partial charge is 0.416 e. The smallest absolute Gasteiger partial charge is 0.342 e. The fourth-order valence-electron chi connectivity index (χ4n) is 3.98. The predicted octanol–water partition coefficient (Wildman–Crippen LogP) is 5.45. The average Bonchev–Trinajstić information content (AvgIpc) is 3.08. The van der Waals surface area contributed by atoms with E-state index in [9.17, 15) is 22.8 Å². The highest BCUT2D eigenvalue weighted by Crippen LogP contribution is 2.30. The van der Waals surface area contributed by atoms with Gasteiger partial charge in [-0.1, -0.05) is 32.2 Å². The van der Waals surface area contributed by atoms with Gasteiger partial charge in [0.15, 0.2) is 0 Å². The molecule has 1 amide bonds. The van der Waals surface area contributed by atoms with Crippen LogP contribution >= 0.6 is 9.24 Å². The van der Waals surface area contributed by atoms with E-state index in [0.717, 1.165) is 17.5 Å². The number of carbonyl (C=O) groups excluding carboxylic acids is 1. The van der Waals surface area contributed by atoms with Crippen molar-refractivity contribution in [2.24, 2.45) is 0 Å². The number of hydrogen-bond acceptors (Lipinski definition) is 2. The van der Waals surface area contributed by atoms with Crippen molar-refractivity contribution < 1.29 is 18.0 Å². The number of halogens is 3. The Hall–Kier alpha value is -2.34. The number of fused-ring (bicyclic) bond motifs is 1. The maximum atomic E-state index is 13.0. The van der Waals surface area contributed by atoms with Crippen molar-refractivity contribution in [3.8, 4) is 0 Å². The summed E-state index contributed by atoms with van der Waals surface area (Å²) in [6.45, 7) is 8.78. The first kappa shape index (κ1) is 26.9. The van der Waals surface area contributed by atoms with Crippen LogP contribution in [-0.4, -0.2) is 26.5 Å². The molecule has 0 N–H and O–H groups in total. The quantitative estimate of drug-likeness (QED) is 0.531. The van der Waals surface area contributed by atoms with E-state index in [4.69, 9.17) is 0 Å². The van der Waals surface area contributed by atoms with E-state index in [0.29, 0.717) is 19.0 Å². The van der Waals surface area contributed by atoms with Gasteiger partial charge in [-0.25, -0.2) is 0 Å². The van der Waals surface area contributed by atoms with Crippen molar-refractivity contribution in [1.29, 1.82) is 0 Å². The first-order valence-electron chi connectivity index (χ1n) is 11.1. The van der Waals surface area contributed by atoms with Gasteiger partial charge in [0.05, 0.1) is 18.2 Å². The zero-order valence-electron chi connectivity index (χ0n) is 19.7. The zero-order chi connectivity index (χ0) is 24.8. The van der Waals surface area contributed by atoms with Crippen LogP contribution in [0.25, 0.3) is 0 Å². The van der Waals surface area contributed by atoms with E-state index >= 15 is 0 Å². The lowest BCUT2D eigenvalue weighted by Gasteiger charge is -2.31. The normalized spacial score (nSPS) is 14.6. The highest BCUT2D eigenvalue weighted by atomic mass is 31.0. The van der Waals surface area contributed by atoms with Crippen LogP contribution in [0.2, 0.25) is 0 Å². The second kappa shape index (κ2) is 11.7. The van der Waals surface area contributed by atoms with E-state index in [-0.39, 0.29) is 37.2 Å². The van der Waals surface area contributed by atoms with Crippen LogP contribution in [0.3, 0.4) is 0 Å². The molecule has 3 heterocycles. The lowest BCUT2D eigenvalue weighted by atomic mass is 10.1. The summed E-state index contributed by atoms with van der Waals surface area (Å²) in [5.74, 6) is 1.74. The maximum Gasteiger partial charge on any atom is 0.416 e. The Morgan fingerprint density at radius 1 is 1.15 bits per heavy atom. The molecule has 2 aromatic rings. The van der Waals surface area contributed by atoms with Crippen molar-refractivity contribution in [3.05, 3.63) is 69.2 Å². The molecule has 0 aliphatic carbocycles. The van der Waals surface area contributed by atoms with Crippen LogP contribution in [0.15, 0.2) is 41.0 Å². The van der Waals surface area contributed by atoms with Crippen LogP contribution in [0.4, 0.5) is 13.2 Å². The van der Waals surface area contributed by atoms with Crippen molar-refractivity contribution in [2.45, 2.75) is 72.3 Å². The molecule has 0 saturated heterocycles. The Bertz CT molecular complexity index is 1020. The minimum absolute atomic E-state index is 0.00367. The molecular weight excluding hydrogens is 450 g/mol. The number of allylic oxidation sites excluding steroid dienone is 1. The molecule has 0 spiro atoms. The summed E-state index contributed by atoms with van der Waals surface area (Å²) in [7, 11) is 2.54. The Balaban J connectivity index is 0.00000122. The zero-order valence-corrected chi connectivity index (χ0v) is 20.8. The standard InChI is InChI=1S/C21H25F3N3O2P.C3H8/c1-14-3-4-15(2)27(14)17(7-10-30)5-6-19(28)25-8-9-26-18(13-25)11-16(12-20(26)29)21(22,23)24;1-3-2/h3-4,7,10-12,17H,5-6,8-9,13,30H2,1-2H3;3H2,1-2H3/b10-7-;/t17-;/m0./s1. The Morgan fingerprint density at radius 2 is 1.76 bits per heavy atom. The summed E-state index contributed by atoms with van der Waals surface area (Å²) in [6, 6.07) is 5.64. The third-order valence-electron chi connectivity index (χ3n) is 5.48. The molecule has 3 rings (SSSR count). The third-order valence-corrected chi connectivity index (χ3v) is 5.71. The number of alkyl halides is 3. The van der Waals surface area contributed by atoms with Gasteiger partial charge in [0.2, 0.25) is 5.91 Å². The topological polar surface area (TPSA) is 47.2 Å². The summed E-state index contributed by atoms with van der Waals surface area (Å²) in [5, 5.41) is 0. The number of amides is 1. The molecule has 9 heteroatoms. The first-order chi connectivity index (χ1) is 15.5. The molecule has 0 radical (unpaired) electrons. The van der Waals surface area contributed by atoms with Crippen molar-refractivity contribution in [2.75, 3.05) is 6.54 Å². The molecule has 1 aliphatic rings. The van der Waals surface area contributed by atoms with Crippen LogP contribution in [-0.2, 0) is 24.1 Å². The van der Waals surface area contributed by atoms with Crippen LogP contribution in [0.5, 0.6) is 0 Å². The van der Waals surface area contributed by atoms with Crippen LogP contribution < -0.4 is 5.56 Å². The van der Waals surface area contributed by atoms with Gasteiger partial charge in [0, 0.05) is 42.7 Å². The lowest BCUT2D eigenvalue weighted by Crippen LogP contribution is -2.42. The molecule has 0 saturated carbocycles. The van der Waals surface area contributed by atoms with Gasteiger partial charge in [0.1, 0.15) is 0 Å². The van der Waals surface area contributed by atoms with E-state index in [1.807, 2.05) is 37.9 Å². The summed E-state index contributed by atoms with van der Waals surface area (Å²) in [6.07, 6.45) is -0.490. The van der Waals surface area contributed by atoms with Gasteiger partial charge in [-0.05, 0) is 38.5 Å². The van der Waals surface area contributed by atoms with E-state index in [1.165, 1.54) is 15.9 Å². The number of aromatic nitrogens is 2. The van der Waals surface area contributed by atoms with Gasteiger partial charge in [-0.15, -0.1) is 9.24 Å². The third kappa shape index (κ3) is 6.83. The van der Waals surface area contributed by atoms with Crippen molar-refractivity contribution in [3.63, 3.8) is 0 Å². The van der Waals surface area contributed by atoms with Gasteiger partial charge >= 0.3 is 6.18 Å². The molecule has 0 bridgehead atoms. The molecule has 5 nitrogen and oxygen atoms in total. The summed E-state index contributed by atoms with van der Waals surface area (Å²) < 4.78 is 42.6. The molecular formula is C24H33F3N3O2P. The first-order valence-corrected chi connectivity index (χ1v) is 11.8. The molecule has 2 aromatic heterocycles. The van der Waals surface area contributed by atoms with E-state index in [1.54, 1.807) is 0 Å². The minimum atomic E-state index is -4.59. The fraction of sp³-hybridized carbons (Fsp3) is 0.500. The molecule has 1 unspecified atom stereocenters. The van der Waals surface area contributed by atoms with E-state index in [2.05, 4.69) is 27.7 Å². The lowest BCUT2D eigenvalue weighted by molar-refractivity contribution is -0.137. The maximum absolute atomic E-state index is 13.0. The monoisotopic (exact) mass is 483 g/mol. The Kier molecular flexibility index (Phi) is 9.53. The van der Waals surface area contributed by atoms with Gasteiger partial charge in [-0.3, -0.25) is 9.59 Å². The molecule has 1 aliphatic heterocycles. The van der Waals surface area contributed by atoms with Gasteiger partial charge in [-0.2, -0.15) is 13.2 Å². The molecule has 182 valence electrons. The SMILES string of the molecule is CCC.Cc1ccc(C)n1[C@H](/C=C\P)CCC(=O)N1CCn2c(cc(C(F)(F)F)cc2=O)C1. The second-order valence-electron chi connectivity index (χ2n) is 8.22. The minimum Gasteiger partial charge on any atom is -0.342 e. The summed E-state index contributed by atoms with van der Waals surface area (Å²) in [5.41, 5.74) is 0.749. The Morgan fingerprint density at radius 3 is 2.30 bits per heavy atom. The molecule has 2 atom stereocenters. The highest BCUT2D eigenvalue weighted by Gasteiger charge is 2.33. The van der Waals surface area contributed by atoms with Gasteiger partial charge < -0.3 is 14.0 Å². The second-order valence-corrected chi connectivity index (χ2v) is 8.61. The highest BCUT2D eigenvalue weighted by molar-refractivity contribution is 7.20. The van der Waals surface area contributed by atoms with Crippen molar-refractivity contribution in [1.82, 2.24) is 14.0 Å². The predicted molar refractivity (Wildman–Crippen MR) is 128 cm³/mol. The van der Waals surface area contributed by atoms with E-state index < -0.39 is 17.3 Å². The summed E-state index contributed by atoms with van der Waals surface area (Å²) >= 11 is 0. The number of rotatable bonds is 5. The molecule has 0 fully saturated rings. The number of aryl methyl sites for hydroxylation is 2. The number of carbonyl (C=O) groups is 1. The molecule has 33 heavy (non-hydrogen) atoms. The number of nitrogens with zero attached hydrogens (tertiary/aromatic N) is 3. The van der Waals surface area contributed by atoms with Crippen molar-refractivity contribution >= 4 is 15.1 Å². The average molecular weight is 484 g/mol. The van der Waals surface area contributed by atoms with Gasteiger partial charge in [0.25, 0.3) is 5.56 Å².